The molecule has 0 aliphatic rings. The first kappa shape index (κ1) is 50.2. The molecule has 9 heteroatoms. The molecule has 0 rings (SSSR count). The number of unbranched alkanes of at least 4 members (excludes halogenated alkanes) is 26. The maximum absolute atomic E-state index is 12.8. The van der Waals surface area contributed by atoms with E-state index in [4.69, 9.17) is 9.05 Å². The van der Waals surface area contributed by atoms with Gasteiger partial charge in [0.05, 0.1) is 39.9 Å². The number of rotatable bonds is 39. The standard InChI is InChI=1S/C42H85N2O6P/c1-6-8-10-12-14-16-18-19-20-21-22-23-24-25-26-27-29-31-33-35-41(45)40(39-50-51(47,48)49-38-37-44(3,4)5)43-42(46)36-34-32-30-28-17-15-13-11-9-7-2/h33,35,40-41,45H,6-32,34,36-39H2,1-5H3,(H-,43,46,47,48)/p+1/b35-33+. The predicted molar refractivity (Wildman–Crippen MR) is 217 cm³/mol. The lowest BCUT2D eigenvalue weighted by atomic mass is 10.0. The molecular weight excluding hydrogens is 659 g/mol. The van der Waals surface area contributed by atoms with Crippen molar-refractivity contribution in [3.8, 4) is 0 Å². The number of amides is 1. The molecule has 0 aromatic carbocycles. The summed E-state index contributed by atoms with van der Waals surface area (Å²) >= 11 is 0. The lowest BCUT2D eigenvalue weighted by Gasteiger charge is -2.25. The third-order valence-electron chi connectivity index (χ3n) is 9.76. The number of nitrogens with zero attached hydrogens (tertiary/aromatic N) is 1. The van der Waals surface area contributed by atoms with Crippen molar-refractivity contribution in [2.45, 2.75) is 212 Å². The zero-order valence-electron chi connectivity index (χ0n) is 34.4. The number of hydrogen-bond acceptors (Lipinski definition) is 5. The molecule has 0 fully saturated rings. The molecule has 1 amide bonds. The first-order valence-corrected chi connectivity index (χ1v) is 23.1. The molecule has 3 atom stereocenters. The number of hydrogen-bond donors (Lipinski definition) is 3. The van der Waals surface area contributed by atoms with E-state index in [0.717, 1.165) is 32.1 Å². The van der Waals surface area contributed by atoms with Crippen LogP contribution in [0.25, 0.3) is 0 Å². The summed E-state index contributed by atoms with van der Waals surface area (Å²) in [7, 11) is 1.58. The highest BCUT2D eigenvalue weighted by atomic mass is 31.2. The highest BCUT2D eigenvalue weighted by Gasteiger charge is 2.27. The van der Waals surface area contributed by atoms with Gasteiger partial charge in [0.25, 0.3) is 0 Å². The van der Waals surface area contributed by atoms with Gasteiger partial charge in [0.15, 0.2) is 0 Å². The Morgan fingerprint density at radius 1 is 0.647 bits per heavy atom. The van der Waals surface area contributed by atoms with Crippen LogP contribution in [0, 0.1) is 0 Å². The van der Waals surface area contributed by atoms with Crippen molar-refractivity contribution in [3.05, 3.63) is 12.2 Å². The predicted octanol–water partition coefficient (Wildman–Crippen LogP) is 11.6. The Balaban J connectivity index is 4.37. The summed E-state index contributed by atoms with van der Waals surface area (Å²) in [6.45, 7) is 4.80. The Hall–Kier alpha value is -0.760. The van der Waals surface area contributed by atoms with Gasteiger partial charge in [-0.1, -0.05) is 187 Å². The number of aliphatic hydroxyl groups is 1. The molecule has 304 valence electrons. The molecule has 51 heavy (non-hydrogen) atoms. The lowest BCUT2D eigenvalue weighted by molar-refractivity contribution is -0.870. The zero-order chi connectivity index (χ0) is 37.9. The Morgan fingerprint density at radius 2 is 1.04 bits per heavy atom. The van der Waals surface area contributed by atoms with E-state index in [1.54, 1.807) is 6.08 Å². The van der Waals surface area contributed by atoms with E-state index in [2.05, 4.69) is 19.2 Å². The van der Waals surface area contributed by atoms with Crippen LogP contribution >= 0.6 is 7.82 Å². The molecule has 0 saturated heterocycles. The number of phosphoric ester groups is 1. The van der Waals surface area contributed by atoms with E-state index in [0.29, 0.717) is 17.4 Å². The van der Waals surface area contributed by atoms with Gasteiger partial charge in [-0.15, -0.1) is 0 Å². The SMILES string of the molecule is CCCCCCCCCCCCCCCCCCC/C=C/C(O)C(COP(=O)(O)OCC[N+](C)(C)C)NC(=O)CCCCCCCCCCCC. The van der Waals surface area contributed by atoms with Gasteiger partial charge >= 0.3 is 7.82 Å². The van der Waals surface area contributed by atoms with E-state index in [9.17, 15) is 19.4 Å². The smallest absolute Gasteiger partial charge is 0.387 e. The highest BCUT2D eigenvalue weighted by molar-refractivity contribution is 7.47. The van der Waals surface area contributed by atoms with Gasteiger partial charge < -0.3 is 19.8 Å². The molecule has 0 aromatic rings. The van der Waals surface area contributed by atoms with Gasteiger partial charge in [-0.3, -0.25) is 13.8 Å². The minimum absolute atomic E-state index is 0.0643. The van der Waals surface area contributed by atoms with Gasteiger partial charge in [0, 0.05) is 6.42 Å². The molecule has 0 bridgehead atoms. The maximum Gasteiger partial charge on any atom is 0.472 e. The average Bonchev–Trinajstić information content (AvgIpc) is 3.07. The second kappa shape index (κ2) is 35.0. The van der Waals surface area contributed by atoms with Crippen LogP contribution in [0.5, 0.6) is 0 Å². The zero-order valence-corrected chi connectivity index (χ0v) is 35.3. The van der Waals surface area contributed by atoms with Crippen molar-refractivity contribution in [3.63, 3.8) is 0 Å². The van der Waals surface area contributed by atoms with E-state index < -0.39 is 20.0 Å². The summed E-state index contributed by atoms with van der Waals surface area (Å²) in [5, 5.41) is 13.8. The van der Waals surface area contributed by atoms with E-state index in [-0.39, 0.29) is 19.1 Å². The van der Waals surface area contributed by atoms with Gasteiger partial charge in [-0.25, -0.2) is 4.57 Å². The number of likely N-dealkylation sites (N-methyl/N-ethyl adjacent to an activating group) is 1. The number of phosphoric acid groups is 1. The molecule has 8 nitrogen and oxygen atoms in total. The molecule has 0 saturated carbocycles. The van der Waals surface area contributed by atoms with Crippen molar-refractivity contribution in [2.24, 2.45) is 0 Å². The van der Waals surface area contributed by atoms with Gasteiger partial charge in [-0.05, 0) is 19.3 Å². The van der Waals surface area contributed by atoms with Crippen LogP contribution in [-0.2, 0) is 18.4 Å². The summed E-state index contributed by atoms with van der Waals surface area (Å²) < 4.78 is 23.5. The molecule has 3 N–H and O–H groups in total. The lowest BCUT2D eigenvalue weighted by Crippen LogP contribution is -2.45. The van der Waals surface area contributed by atoms with Gasteiger partial charge in [0.2, 0.25) is 5.91 Å². The van der Waals surface area contributed by atoms with Crippen LogP contribution in [0.3, 0.4) is 0 Å². The summed E-state index contributed by atoms with van der Waals surface area (Å²) in [6.07, 6.45) is 38.5. The monoisotopic (exact) mass is 746 g/mol. The van der Waals surface area contributed by atoms with Crippen LogP contribution < -0.4 is 5.32 Å². The number of allylic oxidation sites excluding steroid dienone is 1. The quantitative estimate of drug-likeness (QED) is 0.0250. The third kappa shape index (κ3) is 37.4. The summed E-state index contributed by atoms with van der Waals surface area (Å²) in [6, 6.07) is -0.838. The highest BCUT2D eigenvalue weighted by Crippen LogP contribution is 2.43. The second-order valence-electron chi connectivity index (χ2n) is 16.1. The van der Waals surface area contributed by atoms with Crippen molar-refractivity contribution in [1.82, 2.24) is 5.32 Å². The molecule has 0 aliphatic carbocycles. The molecule has 0 aliphatic heterocycles. The molecular formula is C42H86N2O6P+. The molecule has 0 aromatic heterocycles. The Kier molecular flexibility index (Phi) is 34.5. The first-order valence-electron chi connectivity index (χ1n) is 21.6. The van der Waals surface area contributed by atoms with Crippen molar-refractivity contribution >= 4 is 13.7 Å². The first-order chi connectivity index (χ1) is 24.5. The van der Waals surface area contributed by atoms with E-state index in [1.165, 1.54) is 148 Å². The number of carbonyl (C=O) groups excluding carboxylic acids is 1. The molecule has 0 spiro atoms. The third-order valence-corrected chi connectivity index (χ3v) is 10.7. The fourth-order valence-electron chi connectivity index (χ4n) is 6.28. The normalized spacial score (nSPS) is 14.6. The topological polar surface area (TPSA) is 105 Å². The number of carbonyl (C=O) groups is 1. The fourth-order valence-corrected chi connectivity index (χ4v) is 7.01. The number of aliphatic hydroxyl groups excluding tert-OH is 1. The summed E-state index contributed by atoms with van der Waals surface area (Å²) in [4.78, 5) is 23.0. The molecule has 0 radical (unpaired) electrons. The largest absolute Gasteiger partial charge is 0.472 e. The molecule has 0 heterocycles. The minimum Gasteiger partial charge on any atom is -0.387 e. The van der Waals surface area contributed by atoms with Crippen LogP contribution in [-0.4, -0.2) is 73.4 Å². The minimum atomic E-state index is -4.33. The Morgan fingerprint density at radius 3 is 1.45 bits per heavy atom. The maximum atomic E-state index is 12.8. The van der Waals surface area contributed by atoms with E-state index >= 15 is 0 Å². The second-order valence-corrected chi connectivity index (χ2v) is 17.5. The van der Waals surface area contributed by atoms with Crippen LogP contribution in [0.2, 0.25) is 0 Å². The Labute approximate surface area is 316 Å². The summed E-state index contributed by atoms with van der Waals surface area (Å²) in [5.41, 5.74) is 0. The van der Waals surface area contributed by atoms with Crippen molar-refractivity contribution in [2.75, 3.05) is 40.9 Å². The van der Waals surface area contributed by atoms with Crippen molar-refractivity contribution < 1.29 is 32.9 Å². The Bertz CT molecular complexity index is 850. The molecule has 3 unspecified atom stereocenters. The van der Waals surface area contributed by atoms with Gasteiger partial charge in [0.1, 0.15) is 13.2 Å². The van der Waals surface area contributed by atoms with Crippen LogP contribution in [0.15, 0.2) is 12.2 Å². The summed E-state index contributed by atoms with van der Waals surface area (Å²) in [5.74, 6) is -0.178. The van der Waals surface area contributed by atoms with Crippen LogP contribution in [0.4, 0.5) is 0 Å². The fraction of sp³-hybridized carbons (Fsp3) is 0.929. The van der Waals surface area contributed by atoms with Crippen molar-refractivity contribution in [1.29, 1.82) is 0 Å². The average molecular weight is 746 g/mol. The van der Waals surface area contributed by atoms with E-state index in [1.807, 2.05) is 27.2 Å². The number of nitrogens with one attached hydrogen (secondary N) is 1. The van der Waals surface area contributed by atoms with Gasteiger partial charge in [-0.2, -0.15) is 0 Å². The number of quaternary nitrogens is 1. The van der Waals surface area contributed by atoms with Crippen LogP contribution in [0.1, 0.15) is 200 Å².